The van der Waals surface area contributed by atoms with Crippen molar-refractivity contribution in [3.63, 3.8) is 0 Å². The van der Waals surface area contributed by atoms with Gasteiger partial charge in [0.25, 0.3) is 0 Å². The summed E-state index contributed by atoms with van der Waals surface area (Å²) in [6.07, 6.45) is 4.61. The van der Waals surface area contributed by atoms with Crippen molar-refractivity contribution < 1.29 is 34.0 Å². The number of esters is 2. The van der Waals surface area contributed by atoms with Crippen LogP contribution in [-0.4, -0.2) is 59.8 Å². The van der Waals surface area contributed by atoms with Gasteiger partial charge in [-0.1, -0.05) is 19.9 Å². The van der Waals surface area contributed by atoms with E-state index < -0.39 is 29.6 Å². The third kappa shape index (κ3) is 3.22. The number of epoxide rings is 1. The molecule has 2 N–H and O–H groups in total. The molecule has 0 radical (unpaired) electrons. The van der Waals surface area contributed by atoms with Crippen LogP contribution in [0.15, 0.2) is 11.6 Å². The average Bonchev–Trinajstić information content (AvgIpc) is 3.36. The van der Waals surface area contributed by atoms with Gasteiger partial charge in [0.05, 0.1) is 30.5 Å². The van der Waals surface area contributed by atoms with Crippen molar-refractivity contribution in [1.29, 1.82) is 0 Å². The molecular formula is C22H32O7. The van der Waals surface area contributed by atoms with Gasteiger partial charge in [-0.05, 0) is 49.4 Å². The number of ether oxygens (including phenoxy) is 3. The SMILES string of the molecule is CC(=O)O[C@@H]1COC(=O)/C1=C/C[C@@H]1[C@@]2(CC[C@@H]3[C@](C)(CO)[C@H](O)CC[C@]31C)CO2. The Bertz CT molecular complexity index is 727. The molecule has 7 heteroatoms. The van der Waals surface area contributed by atoms with Crippen LogP contribution in [0.2, 0.25) is 0 Å². The van der Waals surface area contributed by atoms with E-state index in [-0.39, 0.29) is 36.1 Å². The molecule has 0 aromatic carbocycles. The smallest absolute Gasteiger partial charge is 0.337 e. The maximum absolute atomic E-state index is 12.2. The van der Waals surface area contributed by atoms with E-state index in [0.717, 1.165) is 19.3 Å². The number of hydrogen-bond donors (Lipinski definition) is 2. The van der Waals surface area contributed by atoms with Crippen LogP contribution < -0.4 is 0 Å². The fraction of sp³-hybridized carbons (Fsp3) is 0.818. The molecule has 7 atom stereocenters. The molecule has 4 fully saturated rings. The van der Waals surface area contributed by atoms with Gasteiger partial charge in [-0.3, -0.25) is 4.79 Å². The van der Waals surface area contributed by atoms with Crippen molar-refractivity contribution in [2.45, 2.75) is 70.7 Å². The van der Waals surface area contributed by atoms with Gasteiger partial charge in [0, 0.05) is 12.3 Å². The Morgan fingerprint density at radius 1 is 1.31 bits per heavy atom. The molecule has 0 amide bonds. The van der Waals surface area contributed by atoms with Crippen LogP contribution in [0.4, 0.5) is 0 Å². The topological polar surface area (TPSA) is 106 Å². The zero-order valence-electron chi connectivity index (χ0n) is 17.5. The summed E-state index contributed by atoms with van der Waals surface area (Å²) < 4.78 is 16.3. The van der Waals surface area contributed by atoms with Crippen LogP contribution in [0, 0.1) is 22.7 Å². The number of aliphatic hydroxyl groups excluding tert-OH is 2. The largest absolute Gasteiger partial charge is 0.458 e. The molecule has 4 aliphatic rings. The minimum absolute atomic E-state index is 0.0447. The summed E-state index contributed by atoms with van der Waals surface area (Å²) in [6, 6.07) is 0. The molecule has 2 saturated heterocycles. The number of cyclic esters (lactones) is 1. The van der Waals surface area contributed by atoms with Gasteiger partial charge in [-0.25, -0.2) is 4.79 Å². The quantitative estimate of drug-likeness (QED) is 0.415. The maximum Gasteiger partial charge on any atom is 0.337 e. The highest BCUT2D eigenvalue weighted by atomic mass is 16.6. The lowest BCUT2D eigenvalue weighted by Gasteiger charge is -2.60. The van der Waals surface area contributed by atoms with Gasteiger partial charge >= 0.3 is 11.9 Å². The Labute approximate surface area is 171 Å². The summed E-state index contributed by atoms with van der Waals surface area (Å²) >= 11 is 0. The molecule has 2 saturated carbocycles. The van der Waals surface area contributed by atoms with E-state index in [9.17, 15) is 19.8 Å². The average molecular weight is 408 g/mol. The number of carbonyl (C=O) groups is 2. The Hall–Kier alpha value is -1.44. The van der Waals surface area contributed by atoms with Crippen LogP contribution in [0.3, 0.4) is 0 Å². The third-order valence-electron chi connectivity index (χ3n) is 8.28. The van der Waals surface area contributed by atoms with Gasteiger partial charge in [0.15, 0.2) is 6.10 Å². The van der Waals surface area contributed by atoms with Crippen molar-refractivity contribution in [3.05, 3.63) is 11.6 Å². The van der Waals surface area contributed by atoms with Crippen molar-refractivity contribution in [2.24, 2.45) is 22.7 Å². The van der Waals surface area contributed by atoms with Gasteiger partial charge in [0.1, 0.15) is 6.61 Å². The first-order chi connectivity index (χ1) is 13.7. The van der Waals surface area contributed by atoms with Crippen LogP contribution >= 0.6 is 0 Å². The van der Waals surface area contributed by atoms with Crippen LogP contribution in [0.1, 0.15) is 52.9 Å². The van der Waals surface area contributed by atoms with Crippen molar-refractivity contribution in [2.75, 3.05) is 19.8 Å². The van der Waals surface area contributed by atoms with E-state index >= 15 is 0 Å². The Morgan fingerprint density at radius 3 is 2.66 bits per heavy atom. The second kappa shape index (κ2) is 7.06. The fourth-order valence-corrected chi connectivity index (χ4v) is 6.53. The lowest BCUT2D eigenvalue weighted by Crippen LogP contribution is -2.60. The van der Waals surface area contributed by atoms with E-state index in [1.165, 1.54) is 6.92 Å². The standard InChI is InChI=1S/C22H32O7/c1-13(24)29-15-10-27-19(26)14(15)4-5-17-20(2)8-7-18(25)21(3,11-23)16(20)6-9-22(17)12-28-22/h4,15-18,23,25H,5-12H2,1-3H3/b14-4+/t15-,16+,17+,18-,20-,21+,22-/m1/s1. The maximum atomic E-state index is 12.2. The zero-order chi connectivity index (χ0) is 21.0. The van der Waals surface area contributed by atoms with E-state index in [0.29, 0.717) is 25.0 Å². The zero-order valence-corrected chi connectivity index (χ0v) is 17.5. The molecule has 0 aromatic rings. The molecule has 1 spiro atoms. The first-order valence-electron chi connectivity index (χ1n) is 10.6. The molecule has 4 rings (SSSR count). The monoisotopic (exact) mass is 408 g/mol. The minimum Gasteiger partial charge on any atom is -0.458 e. The van der Waals surface area contributed by atoms with E-state index in [2.05, 4.69) is 6.92 Å². The molecule has 162 valence electrons. The normalized spacial score (nSPS) is 47.8. The number of aliphatic hydroxyl groups is 2. The molecule has 0 aromatic heterocycles. The first kappa shape index (κ1) is 20.8. The van der Waals surface area contributed by atoms with Crippen LogP contribution in [0.25, 0.3) is 0 Å². The summed E-state index contributed by atoms with van der Waals surface area (Å²) in [4.78, 5) is 23.6. The van der Waals surface area contributed by atoms with Gasteiger partial charge in [0.2, 0.25) is 0 Å². The summed E-state index contributed by atoms with van der Waals surface area (Å²) in [5, 5.41) is 20.8. The Morgan fingerprint density at radius 2 is 2.03 bits per heavy atom. The Balaban J connectivity index is 1.63. The van der Waals surface area contributed by atoms with Crippen LogP contribution in [-0.2, 0) is 23.8 Å². The van der Waals surface area contributed by atoms with E-state index in [1.807, 2.05) is 13.0 Å². The highest BCUT2D eigenvalue weighted by Gasteiger charge is 2.66. The van der Waals surface area contributed by atoms with Crippen molar-refractivity contribution >= 4 is 11.9 Å². The summed E-state index contributed by atoms with van der Waals surface area (Å²) in [7, 11) is 0. The highest BCUT2D eigenvalue weighted by molar-refractivity contribution is 5.92. The summed E-state index contributed by atoms with van der Waals surface area (Å²) in [6.45, 7) is 6.29. The highest BCUT2D eigenvalue weighted by Crippen LogP contribution is 2.66. The molecule has 0 bridgehead atoms. The summed E-state index contributed by atoms with van der Waals surface area (Å²) in [5.41, 5.74) is -0.452. The second-order valence-corrected chi connectivity index (χ2v) is 9.81. The minimum atomic E-state index is -0.654. The van der Waals surface area contributed by atoms with Gasteiger partial charge < -0.3 is 24.4 Å². The predicted octanol–water partition coefficient (Wildman–Crippen LogP) is 1.75. The number of hydrogen-bond acceptors (Lipinski definition) is 7. The van der Waals surface area contributed by atoms with Crippen molar-refractivity contribution in [3.8, 4) is 0 Å². The van der Waals surface area contributed by atoms with Gasteiger partial charge in [-0.15, -0.1) is 0 Å². The fourth-order valence-electron chi connectivity index (χ4n) is 6.53. The summed E-state index contributed by atoms with van der Waals surface area (Å²) in [5.74, 6) is -0.544. The number of allylic oxidation sites excluding steroid dienone is 1. The number of carbonyl (C=O) groups excluding carboxylic acids is 2. The predicted molar refractivity (Wildman–Crippen MR) is 103 cm³/mol. The molecule has 0 unspecified atom stereocenters. The van der Waals surface area contributed by atoms with Gasteiger partial charge in [-0.2, -0.15) is 0 Å². The van der Waals surface area contributed by atoms with E-state index in [4.69, 9.17) is 14.2 Å². The second-order valence-electron chi connectivity index (χ2n) is 9.81. The molecular weight excluding hydrogens is 376 g/mol. The molecule has 29 heavy (non-hydrogen) atoms. The number of fused-ring (bicyclic) bond motifs is 1. The first-order valence-corrected chi connectivity index (χ1v) is 10.6. The molecule has 2 aliphatic heterocycles. The van der Waals surface area contributed by atoms with E-state index in [1.54, 1.807) is 0 Å². The lowest BCUT2D eigenvalue weighted by molar-refractivity contribution is -0.175. The third-order valence-corrected chi connectivity index (χ3v) is 8.28. The lowest BCUT2D eigenvalue weighted by atomic mass is 9.45. The van der Waals surface area contributed by atoms with Crippen LogP contribution in [0.5, 0.6) is 0 Å². The number of rotatable bonds is 4. The Kier molecular flexibility index (Phi) is 5.07. The van der Waals surface area contributed by atoms with Crippen molar-refractivity contribution in [1.82, 2.24) is 0 Å². The molecule has 2 heterocycles. The molecule has 7 nitrogen and oxygen atoms in total. The molecule has 2 aliphatic carbocycles.